The molecule has 0 aliphatic heterocycles. The lowest BCUT2D eigenvalue weighted by Gasteiger charge is -2.10. The summed E-state index contributed by atoms with van der Waals surface area (Å²) < 4.78 is 10.2. The summed E-state index contributed by atoms with van der Waals surface area (Å²) in [5.41, 5.74) is 7.40. The Balaban J connectivity index is 2.08. The molecule has 1 heterocycles. The number of nitrogens with zero attached hydrogens (tertiary/aromatic N) is 1. The largest absolute Gasteiger partial charge is 0.497 e. The Morgan fingerprint density at radius 1 is 1.29 bits per heavy atom. The number of nitrogens with two attached hydrogens (primary N) is 1. The lowest BCUT2D eigenvalue weighted by molar-refractivity contribution is 0.0951. The van der Waals surface area contributed by atoms with Crippen LogP contribution in [0.5, 0.6) is 11.6 Å². The van der Waals surface area contributed by atoms with E-state index in [0.717, 1.165) is 5.56 Å². The maximum atomic E-state index is 12.1. The van der Waals surface area contributed by atoms with Crippen molar-refractivity contribution in [1.82, 2.24) is 10.3 Å². The molecule has 1 aromatic heterocycles. The number of ether oxygens (including phenoxy) is 2. The highest BCUT2D eigenvalue weighted by atomic mass is 16.5. The molecule has 0 aliphatic carbocycles. The normalized spacial score (nSPS) is 10.0. The Morgan fingerprint density at radius 2 is 2.10 bits per heavy atom. The molecule has 2 aromatic rings. The van der Waals surface area contributed by atoms with Crippen molar-refractivity contribution in [3.8, 4) is 11.6 Å². The van der Waals surface area contributed by atoms with Crippen molar-refractivity contribution < 1.29 is 14.3 Å². The number of benzene rings is 1. The summed E-state index contributed by atoms with van der Waals surface area (Å²) in [4.78, 5) is 16.2. The zero-order valence-corrected chi connectivity index (χ0v) is 11.9. The number of anilines is 1. The Kier molecular flexibility index (Phi) is 4.61. The molecule has 0 fully saturated rings. The summed E-state index contributed by atoms with van der Waals surface area (Å²) in [5.74, 6) is 0.833. The fourth-order valence-corrected chi connectivity index (χ4v) is 1.89. The van der Waals surface area contributed by atoms with Crippen LogP contribution >= 0.6 is 0 Å². The molecule has 6 nitrogen and oxygen atoms in total. The lowest BCUT2D eigenvalue weighted by atomic mass is 10.1. The number of amides is 1. The molecule has 21 heavy (non-hydrogen) atoms. The smallest absolute Gasteiger partial charge is 0.253 e. The summed E-state index contributed by atoms with van der Waals surface area (Å²) >= 11 is 0. The second-order valence-corrected chi connectivity index (χ2v) is 4.31. The molecule has 0 saturated carbocycles. The van der Waals surface area contributed by atoms with Gasteiger partial charge in [0.25, 0.3) is 5.91 Å². The molecule has 1 aromatic carbocycles. The molecule has 0 radical (unpaired) electrons. The van der Waals surface area contributed by atoms with Crippen LogP contribution < -0.4 is 20.5 Å². The van der Waals surface area contributed by atoms with Gasteiger partial charge < -0.3 is 20.5 Å². The second kappa shape index (κ2) is 6.60. The molecule has 6 heteroatoms. The highest BCUT2D eigenvalue weighted by Crippen LogP contribution is 2.20. The molecule has 0 bridgehead atoms. The molecular weight excluding hydrogens is 270 g/mol. The first-order valence-corrected chi connectivity index (χ1v) is 6.35. The first-order valence-electron chi connectivity index (χ1n) is 6.35. The molecule has 0 saturated heterocycles. The van der Waals surface area contributed by atoms with Gasteiger partial charge in [0.15, 0.2) is 0 Å². The quantitative estimate of drug-likeness (QED) is 0.816. The van der Waals surface area contributed by atoms with Crippen LogP contribution in [-0.4, -0.2) is 25.1 Å². The average molecular weight is 287 g/mol. The van der Waals surface area contributed by atoms with Crippen molar-refractivity contribution in [3.63, 3.8) is 0 Å². The number of nitrogens with one attached hydrogen (secondary N) is 1. The van der Waals surface area contributed by atoms with Gasteiger partial charge in [-0.25, -0.2) is 4.98 Å². The van der Waals surface area contributed by atoms with Crippen molar-refractivity contribution in [1.29, 1.82) is 0 Å². The zero-order chi connectivity index (χ0) is 15.2. The first kappa shape index (κ1) is 14.6. The zero-order valence-electron chi connectivity index (χ0n) is 11.9. The molecule has 0 spiro atoms. The Hall–Kier alpha value is -2.76. The van der Waals surface area contributed by atoms with Gasteiger partial charge in [-0.1, -0.05) is 6.07 Å². The van der Waals surface area contributed by atoms with E-state index in [-0.39, 0.29) is 5.91 Å². The van der Waals surface area contributed by atoms with E-state index in [4.69, 9.17) is 15.2 Å². The van der Waals surface area contributed by atoms with Gasteiger partial charge in [-0.3, -0.25) is 4.79 Å². The van der Waals surface area contributed by atoms with Crippen LogP contribution in [0.3, 0.4) is 0 Å². The molecule has 0 atom stereocenters. The van der Waals surface area contributed by atoms with Crippen LogP contribution in [0.1, 0.15) is 15.9 Å². The van der Waals surface area contributed by atoms with Crippen LogP contribution in [0.15, 0.2) is 36.5 Å². The third kappa shape index (κ3) is 3.42. The van der Waals surface area contributed by atoms with Crippen molar-refractivity contribution in [3.05, 3.63) is 47.7 Å². The van der Waals surface area contributed by atoms with Gasteiger partial charge >= 0.3 is 0 Å². The number of hydrogen-bond acceptors (Lipinski definition) is 5. The molecule has 2 rings (SSSR count). The summed E-state index contributed by atoms with van der Waals surface area (Å²) in [6.45, 7) is 0.307. The van der Waals surface area contributed by atoms with E-state index >= 15 is 0 Å². The predicted molar refractivity (Wildman–Crippen MR) is 79.4 cm³/mol. The molecule has 1 amide bonds. The summed E-state index contributed by atoms with van der Waals surface area (Å²) in [6, 6.07) is 8.55. The van der Waals surface area contributed by atoms with Crippen LogP contribution in [0.2, 0.25) is 0 Å². The summed E-state index contributed by atoms with van der Waals surface area (Å²) in [7, 11) is 3.08. The van der Waals surface area contributed by atoms with Crippen LogP contribution in [0.25, 0.3) is 0 Å². The fraction of sp³-hybridized carbons (Fsp3) is 0.200. The van der Waals surface area contributed by atoms with Gasteiger partial charge in [0.2, 0.25) is 5.88 Å². The second-order valence-electron chi connectivity index (χ2n) is 4.31. The Labute approximate surface area is 122 Å². The van der Waals surface area contributed by atoms with E-state index in [9.17, 15) is 4.79 Å². The maximum Gasteiger partial charge on any atom is 0.253 e. The number of methoxy groups -OCH3 is 2. The molecular formula is C15H17N3O3. The standard InChI is InChI=1S/C15H17N3O3/c1-20-11-5-6-12(13(16)8-11)14(19)18-9-10-4-3-7-17-15(10)21-2/h3-8H,9,16H2,1-2H3,(H,18,19). The lowest BCUT2D eigenvalue weighted by Crippen LogP contribution is -2.24. The van der Waals surface area contributed by atoms with E-state index < -0.39 is 0 Å². The molecule has 0 aliphatic rings. The third-order valence-electron chi connectivity index (χ3n) is 2.99. The van der Waals surface area contributed by atoms with Crippen molar-refractivity contribution in [2.75, 3.05) is 20.0 Å². The monoisotopic (exact) mass is 287 g/mol. The van der Waals surface area contributed by atoms with E-state index in [0.29, 0.717) is 29.4 Å². The van der Waals surface area contributed by atoms with E-state index in [1.165, 1.54) is 7.11 Å². The summed E-state index contributed by atoms with van der Waals surface area (Å²) in [5, 5.41) is 2.79. The minimum absolute atomic E-state index is 0.263. The van der Waals surface area contributed by atoms with Crippen LogP contribution in [0.4, 0.5) is 5.69 Å². The van der Waals surface area contributed by atoms with Crippen LogP contribution in [0, 0.1) is 0 Å². The van der Waals surface area contributed by atoms with Crippen molar-refractivity contribution >= 4 is 11.6 Å². The number of hydrogen-bond donors (Lipinski definition) is 2. The highest BCUT2D eigenvalue weighted by molar-refractivity contribution is 5.99. The van der Waals surface area contributed by atoms with E-state index in [2.05, 4.69) is 10.3 Å². The van der Waals surface area contributed by atoms with E-state index in [1.54, 1.807) is 37.6 Å². The van der Waals surface area contributed by atoms with Crippen molar-refractivity contribution in [2.24, 2.45) is 0 Å². The van der Waals surface area contributed by atoms with Gasteiger partial charge in [-0.2, -0.15) is 0 Å². The summed E-state index contributed by atoms with van der Waals surface area (Å²) in [6.07, 6.45) is 1.63. The predicted octanol–water partition coefficient (Wildman–Crippen LogP) is 1.61. The number of carbonyl (C=O) groups excluding carboxylic acids is 1. The maximum absolute atomic E-state index is 12.1. The van der Waals surface area contributed by atoms with Crippen LogP contribution in [-0.2, 0) is 6.54 Å². The number of rotatable bonds is 5. The highest BCUT2D eigenvalue weighted by Gasteiger charge is 2.11. The number of pyridine rings is 1. The third-order valence-corrected chi connectivity index (χ3v) is 2.99. The number of aromatic nitrogens is 1. The van der Waals surface area contributed by atoms with Gasteiger partial charge in [0, 0.05) is 30.1 Å². The minimum atomic E-state index is -0.263. The molecule has 3 N–H and O–H groups in total. The molecule has 0 unspecified atom stereocenters. The number of nitrogen functional groups attached to an aromatic ring is 1. The van der Waals surface area contributed by atoms with Gasteiger partial charge in [0.05, 0.1) is 19.8 Å². The first-order chi connectivity index (χ1) is 10.2. The average Bonchev–Trinajstić information content (AvgIpc) is 2.52. The fourth-order valence-electron chi connectivity index (χ4n) is 1.89. The van der Waals surface area contributed by atoms with Gasteiger partial charge in [-0.15, -0.1) is 0 Å². The van der Waals surface area contributed by atoms with Gasteiger partial charge in [0.1, 0.15) is 5.75 Å². The van der Waals surface area contributed by atoms with Gasteiger partial charge in [-0.05, 0) is 18.2 Å². The minimum Gasteiger partial charge on any atom is -0.497 e. The Bertz CT molecular complexity index is 644. The van der Waals surface area contributed by atoms with Crippen molar-refractivity contribution in [2.45, 2.75) is 6.54 Å². The SMILES string of the molecule is COc1ccc(C(=O)NCc2cccnc2OC)c(N)c1. The Morgan fingerprint density at radius 3 is 2.76 bits per heavy atom. The van der Waals surface area contributed by atoms with E-state index in [1.807, 2.05) is 6.07 Å². The molecule has 110 valence electrons. The number of carbonyl (C=O) groups is 1. The topological polar surface area (TPSA) is 86.5 Å².